The minimum absolute atomic E-state index is 0.0281. The van der Waals surface area contributed by atoms with E-state index in [0.29, 0.717) is 24.0 Å². The molecule has 1 aromatic carbocycles. The predicted octanol–water partition coefficient (Wildman–Crippen LogP) is 3.80. The molecule has 2 heterocycles. The number of rotatable bonds is 5. The SMILES string of the molecule is N#CC1CCCC[C@@H]1Nc1cc[nH]c(=O)c1C(N)=Nc1ccc2c(c1)CN(C1CCCC1)C2=O. The van der Waals surface area contributed by atoms with E-state index >= 15 is 0 Å². The third-order valence-corrected chi connectivity index (χ3v) is 7.43. The second-order valence-corrected chi connectivity index (χ2v) is 9.58. The number of carbonyl (C=O) groups is 1. The van der Waals surface area contributed by atoms with E-state index in [1.54, 1.807) is 18.3 Å². The molecule has 1 amide bonds. The van der Waals surface area contributed by atoms with Crippen molar-refractivity contribution in [1.29, 1.82) is 5.26 Å². The van der Waals surface area contributed by atoms with E-state index in [1.807, 2.05) is 17.0 Å². The molecule has 34 heavy (non-hydrogen) atoms. The number of pyridine rings is 1. The molecule has 2 atom stereocenters. The van der Waals surface area contributed by atoms with Crippen LogP contribution in [-0.4, -0.2) is 33.7 Å². The van der Waals surface area contributed by atoms with Gasteiger partial charge in [0.2, 0.25) is 0 Å². The lowest BCUT2D eigenvalue weighted by Crippen LogP contribution is -2.34. The number of nitriles is 1. The van der Waals surface area contributed by atoms with Crippen molar-refractivity contribution in [3.05, 3.63) is 57.5 Å². The van der Waals surface area contributed by atoms with Crippen LogP contribution < -0.4 is 16.6 Å². The molecule has 0 bridgehead atoms. The highest BCUT2D eigenvalue weighted by atomic mass is 16.2. The Bertz CT molecular complexity index is 1220. The summed E-state index contributed by atoms with van der Waals surface area (Å²) in [4.78, 5) is 34.8. The standard InChI is InChI=1S/C26H30N6O2/c27-14-16-5-1-4-8-21(16)31-22-11-12-29-25(33)23(22)24(28)30-18-9-10-20-17(13-18)15-32(26(20)34)19-6-2-3-7-19/h9-13,16,19,21H,1-8,15H2,(H2,28,30)(H2,29,31,33)/t16?,21-/m0/s1. The molecule has 5 rings (SSSR count). The molecule has 1 aliphatic heterocycles. The van der Waals surface area contributed by atoms with Crippen molar-refractivity contribution in [3.63, 3.8) is 0 Å². The summed E-state index contributed by atoms with van der Waals surface area (Å²) in [6, 6.07) is 9.93. The van der Waals surface area contributed by atoms with Gasteiger partial charge in [-0.05, 0) is 55.5 Å². The Hall–Kier alpha value is -3.60. The maximum atomic E-state index is 12.9. The fourth-order valence-corrected chi connectivity index (χ4v) is 5.62. The molecule has 176 valence electrons. The quantitative estimate of drug-likeness (QED) is 0.464. The number of H-pyrrole nitrogens is 1. The maximum absolute atomic E-state index is 12.9. The topological polar surface area (TPSA) is 127 Å². The van der Waals surface area contributed by atoms with Gasteiger partial charge in [0.15, 0.2) is 0 Å². The van der Waals surface area contributed by atoms with Crippen molar-refractivity contribution in [2.75, 3.05) is 5.32 Å². The molecule has 4 N–H and O–H groups in total. The molecule has 2 aromatic rings. The Morgan fingerprint density at radius 3 is 2.68 bits per heavy atom. The summed E-state index contributed by atoms with van der Waals surface area (Å²) < 4.78 is 0. The lowest BCUT2D eigenvalue weighted by molar-refractivity contribution is 0.0707. The number of aromatic nitrogens is 1. The number of amidine groups is 1. The molecule has 8 heteroatoms. The van der Waals surface area contributed by atoms with E-state index in [2.05, 4.69) is 21.4 Å². The number of benzene rings is 1. The zero-order valence-corrected chi connectivity index (χ0v) is 19.2. The van der Waals surface area contributed by atoms with Gasteiger partial charge in [-0.15, -0.1) is 0 Å². The van der Waals surface area contributed by atoms with Crippen molar-refractivity contribution in [3.8, 4) is 6.07 Å². The number of anilines is 1. The van der Waals surface area contributed by atoms with Crippen LogP contribution in [0.2, 0.25) is 0 Å². The van der Waals surface area contributed by atoms with E-state index in [4.69, 9.17) is 5.73 Å². The van der Waals surface area contributed by atoms with Crippen molar-refractivity contribution in [1.82, 2.24) is 9.88 Å². The summed E-state index contributed by atoms with van der Waals surface area (Å²) in [5.41, 5.74) is 9.16. The smallest absolute Gasteiger partial charge is 0.261 e. The molecule has 1 aromatic heterocycles. The fraction of sp³-hybridized carbons (Fsp3) is 0.462. The maximum Gasteiger partial charge on any atom is 0.261 e. The predicted molar refractivity (Wildman–Crippen MR) is 131 cm³/mol. The Labute approximate surface area is 198 Å². The third-order valence-electron chi connectivity index (χ3n) is 7.43. The molecular formula is C26H30N6O2. The van der Waals surface area contributed by atoms with Crippen LogP contribution in [0, 0.1) is 17.2 Å². The summed E-state index contributed by atoms with van der Waals surface area (Å²) >= 11 is 0. The minimum atomic E-state index is -0.334. The van der Waals surface area contributed by atoms with Gasteiger partial charge in [-0.25, -0.2) is 4.99 Å². The van der Waals surface area contributed by atoms with Gasteiger partial charge in [0.25, 0.3) is 11.5 Å². The van der Waals surface area contributed by atoms with Gasteiger partial charge < -0.3 is 20.9 Å². The second kappa shape index (κ2) is 9.34. The molecule has 2 aliphatic carbocycles. The monoisotopic (exact) mass is 458 g/mol. The zero-order chi connectivity index (χ0) is 23.7. The molecule has 0 spiro atoms. The first-order valence-electron chi connectivity index (χ1n) is 12.2. The Morgan fingerprint density at radius 1 is 1.12 bits per heavy atom. The van der Waals surface area contributed by atoms with Gasteiger partial charge in [0, 0.05) is 30.4 Å². The molecule has 3 aliphatic rings. The largest absolute Gasteiger partial charge is 0.383 e. The van der Waals surface area contributed by atoms with Crippen LogP contribution in [-0.2, 0) is 6.54 Å². The number of carbonyl (C=O) groups excluding carboxylic acids is 1. The Kier molecular flexibility index (Phi) is 6.10. The number of aromatic amines is 1. The van der Waals surface area contributed by atoms with Gasteiger partial charge in [-0.1, -0.05) is 25.7 Å². The second-order valence-electron chi connectivity index (χ2n) is 9.58. The lowest BCUT2D eigenvalue weighted by atomic mass is 9.85. The highest BCUT2D eigenvalue weighted by Gasteiger charge is 2.34. The number of amides is 1. The Morgan fingerprint density at radius 2 is 1.88 bits per heavy atom. The van der Waals surface area contributed by atoms with Crippen LogP contribution >= 0.6 is 0 Å². The van der Waals surface area contributed by atoms with Gasteiger partial charge >= 0.3 is 0 Å². The summed E-state index contributed by atoms with van der Waals surface area (Å²) in [5, 5.41) is 12.9. The molecule has 1 unspecified atom stereocenters. The number of hydrogen-bond acceptors (Lipinski definition) is 5. The first kappa shape index (κ1) is 22.2. The summed E-state index contributed by atoms with van der Waals surface area (Å²) in [6.45, 7) is 0.595. The van der Waals surface area contributed by atoms with Gasteiger partial charge in [-0.2, -0.15) is 5.26 Å². The summed E-state index contributed by atoms with van der Waals surface area (Å²) in [7, 11) is 0. The molecule has 8 nitrogen and oxygen atoms in total. The Balaban J connectivity index is 1.41. The number of fused-ring (bicyclic) bond motifs is 1. The molecular weight excluding hydrogens is 428 g/mol. The van der Waals surface area contributed by atoms with E-state index in [-0.39, 0.29) is 34.8 Å². The van der Waals surface area contributed by atoms with Crippen molar-refractivity contribution in [2.24, 2.45) is 16.6 Å². The normalized spacial score (nSPS) is 23.1. The number of aliphatic imine (C=N–C) groups is 1. The van der Waals surface area contributed by atoms with Gasteiger partial charge in [0.05, 0.1) is 23.4 Å². The first-order chi connectivity index (χ1) is 16.5. The highest BCUT2D eigenvalue weighted by molar-refractivity contribution is 6.04. The number of nitrogens with one attached hydrogen (secondary N) is 2. The van der Waals surface area contributed by atoms with Crippen LogP contribution in [0.25, 0.3) is 0 Å². The third kappa shape index (κ3) is 4.18. The molecule has 0 radical (unpaired) electrons. The van der Waals surface area contributed by atoms with E-state index in [9.17, 15) is 14.9 Å². The molecule has 2 saturated carbocycles. The number of nitrogens with zero attached hydrogens (tertiary/aromatic N) is 3. The van der Waals surface area contributed by atoms with Crippen LogP contribution in [0.5, 0.6) is 0 Å². The van der Waals surface area contributed by atoms with Crippen molar-refractivity contribution in [2.45, 2.75) is 70.0 Å². The van der Waals surface area contributed by atoms with Crippen LogP contribution in [0.1, 0.15) is 72.9 Å². The summed E-state index contributed by atoms with van der Waals surface area (Å²) in [5.74, 6) is 0.0950. The lowest BCUT2D eigenvalue weighted by Gasteiger charge is -2.29. The average Bonchev–Trinajstić information content (AvgIpc) is 3.47. The van der Waals surface area contributed by atoms with Gasteiger partial charge in [0.1, 0.15) is 11.4 Å². The number of nitrogens with two attached hydrogens (primary N) is 1. The van der Waals surface area contributed by atoms with Crippen LogP contribution in [0.4, 0.5) is 11.4 Å². The van der Waals surface area contributed by atoms with Crippen LogP contribution in [0.3, 0.4) is 0 Å². The summed E-state index contributed by atoms with van der Waals surface area (Å²) in [6.07, 6.45) is 9.87. The fourth-order valence-electron chi connectivity index (χ4n) is 5.62. The van der Waals surface area contributed by atoms with Crippen LogP contribution in [0.15, 0.2) is 40.2 Å². The molecule has 2 fully saturated rings. The zero-order valence-electron chi connectivity index (χ0n) is 19.2. The van der Waals surface area contributed by atoms with Gasteiger partial charge in [-0.3, -0.25) is 9.59 Å². The van der Waals surface area contributed by atoms with E-state index in [0.717, 1.165) is 49.7 Å². The first-order valence-corrected chi connectivity index (χ1v) is 12.2. The van der Waals surface area contributed by atoms with E-state index in [1.165, 1.54) is 12.8 Å². The minimum Gasteiger partial charge on any atom is -0.383 e. The number of hydrogen-bond donors (Lipinski definition) is 3. The highest BCUT2D eigenvalue weighted by Crippen LogP contribution is 2.33. The van der Waals surface area contributed by atoms with Crippen molar-refractivity contribution < 1.29 is 4.79 Å². The average molecular weight is 459 g/mol. The van der Waals surface area contributed by atoms with Crippen molar-refractivity contribution >= 4 is 23.1 Å². The van der Waals surface area contributed by atoms with E-state index < -0.39 is 0 Å². The molecule has 0 saturated heterocycles.